The van der Waals surface area contributed by atoms with Gasteiger partial charge in [-0.25, -0.2) is 4.79 Å². The number of cyclic esters (lactones) is 1. The van der Waals surface area contributed by atoms with Crippen molar-refractivity contribution in [2.45, 2.75) is 19.0 Å². The zero-order chi connectivity index (χ0) is 11.5. The van der Waals surface area contributed by atoms with Crippen LogP contribution in [0, 0.1) is 0 Å². The van der Waals surface area contributed by atoms with E-state index in [1.807, 2.05) is 37.3 Å². The topological polar surface area (TPSA) is 29.5 Å². The molecule has 0 radical (unpaired) electrons. The number of nitrogens with zero attached hydrogens (tertiary/aromatic N) is 1. The van der Waals surface area contributed by atoms with Crippen molar-refractivity contribution < 1.29 is 9.53 Å². The highest BCUT2D eigenvalue weighted by Gasteiger charge is 2.36. The molecule has 0 unspecified atom stereocenters. The lowest BCUT2D eigenvalue weighted by molar-refractivity contribution is 0.148. The van der Waals surface area contributed by atoms with Gasteiger partial charge in [0, 0.05) is 5.88 Å². The van der Waals surface area contributed by atoms with Crippen LogP contribution in [-0.2, 0) is 4.74 Å². The van der Waals surface area contributed by atoms with E-state index < -0.39 is 0 Å². The second-order valence-electron chi connectivity index (χ2n) is 3.88. The van der Waals surface area contributed by atoms with Gasteiger partial charge in [-0.1, -0.05) is 30.3 Å². The second kappa shape index (κ2) is 4.74. The predicted molar refractivity (Wildman–Crippen MR) is 62.6 cm³/mol. The van der Waals surface area contributed by atoms with Crippen LogP contribution in [0.5, 0.6) is 0 Å². The summed E-state index contributed by atoms with van der Waals surface area (Å²) in [4.78, 5) is 13.3. The van der Waals surface area contributed by atoms with Crippen molar-refractivity contribution in [1.29, 1.82) is 0 Å². The Bertz CT molecular complexity index is 369. The molecule has 2 rings (SSSR count). The minimum atomic E-state index is -0.276. The van der Waals surface area contributed by atoms with Crippen LogP contribution in [0.1, 0.15) is 18.5 Å². The third-order valence-corrected chi connectivity index (χ3v) is 3.24. The molecule has 3 nitrogen and oxygen atoms in total. The first-order chi connectivity index (χ1) is 7.74. The van der Waals surface area contributed by atoms with Crippen LogP contribution in [0.3, 0.4) is 0 Å². The molecule has 0 bridgehead atoms. The first kappa shape index (κ1) is 11.3. The van der Waals surface area contributed by atoms with Gasteiger partial charge in [0.05, 0.1) is 12.1 Å². The summed E-state index contributed by atoms with van der Waals surface area (Å²) in [5.41, 5.74) is 1.09. The van der Waals surface area contributed by atoms with Crippen molar-refractivity contribution in [2.75, 3.05) is 12.5 Å². The normalized spacial score (nSPS) is 22.0. The number of hydrogen-bond donors (Lipinski definition) is 0. The Morgan fingerprint density at radius 2 is 2.19 bits per heavy atom. The second-order valence-corrected chi connectivity index (χ2v) is 4.19. The summed E-state index contributed by atoms with van der Waals surface area (Å²) in [5, 5.41) is 0. The number of rotatable bonds is 3. The average molecular weight is 240 g/mol. The van der Waals surface area contributed by atoms with Gasteiger partial charge in [0.15, 0.2) is 0 Å². The van der Waals surface area contributed by atoms with Gasteiger partial charge in [0.1, 0.15) is 6.61 Å². The Morgan fingerprint density at radius 1 is 1.50 bits per heavy atom. The molecule has 1 aromatic carbocycles. The van der Waals surface area contributed by atoms with Crippen molar-refractivity contribution in [3.63, 3.8) is 0 Å². The summed E-state index contributed by atoms with van der Waals surface area (Å²) in [5.74, 6) is 0.406. The van der Waals surface area contributed by atoms with Crippen LogP contribution in [0.25, 0.3) is 0 Å². The largest absolute Gasteiger partial charge is 0.447 e. The molecule has 1 aromatic rings. The molecule has 0 saturated carbocycles. The number of ether oxygens (including phenoxy) is 1. The molecule has 4 heteroatoms. The zero-order valence-corrected chi connectivity index (χ0v) is 9.85. The quantitative estimate of drug-likeness (QED) is 0.760. The van der Waals surface area contributed by atoms with Gasteiger partial charge in [-0.3, -0.25) is 4.90 Å². The molecular formula is C12H14ClNO2. The van der Waals surface area contributed by atoms with Gasteiger partial charge in [0.25, 0.3) is 0 Å². The lowest BCUT2D eigenvalue weighted by atomic mass is 10.1. The standard InChI is InChI=1S/C12H14ClNO2/c1-9(10-5-3-2-4-6-10)14-11(7-13)8-16-12(14)15/h2-6,9,11H,7-8H2,1H3/t9-,11-/m0/s1. The molecule has 0 spiro atoms. The molecule has 1 heterocycles. The van der Waals surface area contributed by atoms with Gasteiger partial charge in [0.2, 0.25) is 0 Å². The van der Waals surface area contributed by atoms with Crippen LogP contribution in [0.15, 0.2) is 30.3 Å². The predicted octanol–water partition coefficient (Wildman–Crippen LogP) is 2.81. The Labute approximate surface area is 100.0 Å². The molecule has 16 heavy (non-hydrogen) atoms. The summed E-state index contributed by atoms with van der Waals surface area (Å²) in [6.45, 7) is 2.38. The summed E-state index contributed by atoms with van der Waals surface area (Å²) < 4.78 is 5.01. The first-order valence-electron chi connectivity index (χ1n) is 5.30. The van der Waals surface area contributed by atoms with E-state index >= 15 is 0 Å². The summed E-state index contributed by atoms with van der Waals surface area (Å²) in [6, 6.07) is 9.86. The number of hydrogen-bond acceptors (Lipinski definition) is 2. The third kappa shape index (κ3) is 2.00. The Balaban J connectivity index is 2.20. The van der Waals surface area contributed by atoms with Gasteiger partial charge >= 0.3 is 6.09 Å². The van der Waals surface area contributed by atoms with E-state index in [1.165, 1.54) is 0 Å². The fourth-order valence-corrected chi connectivity index (χ4v) is 2.19. The maximum absolute atomic E-state index is 11.6. The van der Waals surface area contributed by atoms with Crippen LogP contribution >= 0.6 is 11.6 Å². The molecule has 86 valence electrons. The smallest absolute Gasteiger partial charge is 0.410 e. The fourth-order valence-electron chi connectivity index (χ4n) is 1.96. The molecular weight excluding hydrogens is 226 g/mol. The van der Waals surface area contributed by atoms with Gasteiger partial charge < -0.3 is 4.74 Å². The Kier molecular flexibility index (Phi) is 3.34. The number of alkyl halides is 1. The van der Waals surface area contributed by atoms with E-state index in [1.54, 1.807) is 4.90 Å². The highest BCUT2D eigenvalue weighted by Crippen LogP contribution is 2.27. The van der Waals surface area contributed by atoms with Crippen LogP contribution in [-0.4, -0.2) is 29.5 Å². The molecule has 1 amide bonds. The molecule has 1 aliphatic rings. The van der Waals surface area contributed by atoms with Crippen LogP contribution < -0.4 is 0 Å². The van der Waals surface area contributed by atoms with Crippen molar-refractivity contribution in [2.24, 2.45) is 0 Å². The van der Waals surface area contributed by atoms with E-state index in [9.17, 15) is 4.79 Å². The monoisotopic (exact) mass is 239 g/mol. The lowest BCUT2D eigenvalue weighted by Gasteiger charge is -2.27. The molecule has 1 saturated heterocycles. The van der Waals surface area contributed by atoms with E-state index in [2.05, 4.69) is 0 Å². The summed E-state index contributed by atoms with van der Waals surface area (Å²) >= 11 is 5.83. The van der Waals surface area contributed by atoms with E-state index in [4.69, 9.17) is 16.3 Å². The number of carbonyl (C=O) groups excluding carboxylic acids is 1. The van der Waals surface area contributed by atoms with E-state index in [-0.39, 0.29) is 18.2 Å². The summed E-state index contributed by atoms with van der Waals surface area (Å²) in [7, 11) is 0. The number of carbonyl (C=O) groups is 1. The zero-order valence-electron chi connectivity index (χ0n) is 9.10. The van der Waals surface area contributed by atoms with Crippen molar-refractivity contribution in [1.82, 2.24) is 4.90 Å². The minimum absolute atomic E-state index is 0.0000463. The molecule has 0 aliphatic carbocycles. The third-order valence-electron chi connectivity index (χ3n) is 2.88. The molecule has 1 aliphatic heterocycles. The number of benzene rings is 1. The first-order valence-corrected chi connectivity index (χ1v) is 5.83. The van der Waals surface area contributed by atoms with Gasteiger partial charge in [-0.15, -0.1) is 11.6 Å². The fraction of sp³-hybridized carbons (Fsp3) is 0.417. The average Bonchev–Trinajstić information content (AvgIpc) is 2.70. The summed E-state index contributed by atoms with van der Waals surface area (Å²) in [6.07, 6.45) is -0.276. The van der Waals surface area contributed by atoms with Crippen molar-refractivity contribution in [3.05, 3.63) is 35.9 Å². The highest BCUT2D eigenvalue weighted by atomic mass is 35.5. The van der Waals surface area contributed by atoms with Crippen molar-refractivity contribution >= 4 is 17.7 Å². The van der Waals surface area contributed by atoms with Crippen LogP contribution in [0.4, 0.5) is 4.79 Å². The minimum Gasteiger partial charge on any atom is -0.447 e. The van der Waals surface area contributed by atoms with Crippen LogP contribution in [0.2, 0.25) is 0 Å². The maximum atomic E-state index is 11.6. The SMILES string of the molecule is C[C@@H](c1ccccc1)N1C(=O)OC[C@@H]1CCl. The Hall–Kier alpha value is -1.22. The van der Waals surface area contributed by atoms with Gasteiger partial charge in [-0.2, -0.15) is 0 Å². The molecule has 2 atom stereocenters. The number of amides is 1. The molecule has 0 N–H and O–H groups in total. The number of halogens is 1. The Morgan fingerprint density at radius 3 is 2.81 bits per heavy atom. The molecule has 1 fully saturated rings. The van der Waals surface area contributed by atoms with E-state index in [0.29, 0.717) is 12.5 Å². The highest BCUT2D eigenvalue weighted by molar-refractivity contribution is 6.18. The van der Waals surface area contributed by atoms with Crippen molar-refractivity contribution in [3.8, 4) is 0 Å². The maximum Gasteiger partial charge on any atom is 0.410 e. The van der Waals surface area contributed by atoms with Gasteiger partial charge in [-0.05, 0) is 12.5 Å². The molecule has 0 aromatic heterocycles. The lowest BCUT2D eigenvalue weighted by Crippen LogP contribution is -2.36. The van der Waals surface area contributed by atoms with E-state index in [0.717, 1.165) is 5.56 Å².